The van der Waals surface area contributed by atoms with Crippen molar-refractivity contribution in [3.05, 3.63) is 0 Å². The molecule has 18 heavy (non-hydrogen) atoms. The summed E-state index contributed by atoms with van der Waals surface area (Å²) in [6, 6.07) is 0.283. The molecular formula is C11H22N6O. The fraction of sp³-hybridized carbons (Fsp3) is 0.727. The highest BCUT2D eigenvalue weighted by Crippen LogP contribution is 2.19. The molecule has 1 aromatic rings. The highest BCUT2D eigenvalue weighted by molar-refractivity contribution is 5.35. The van der Waals surface area contributed by atoms with Crippen molar-refractivity contribution in [2.75, 3.05) is 31.0 Å². The Kier molecular flexibility index (Phi) is 4.66. The van der Waals surface area contributed by atoms with E-state index in [9.17, 15) is 0 Å². The van der Waals surface area contributed by atoms with Crippen molar-refractivity contribution in [3.63, 3.8) is 0 Å². The predicted molar refractivity (Wildman–Crippen MR) is 71.5 cm³/mol. The lowest BCUT2D eigenvalue weighted by Crippen LogP contribution is -2.19. The van der Waals surface area contributed by atoms with Gasteiger partial charge in [-0.15, -0.1) is 0 Å². The minimum absolute atomic E-state index is 0.215. The molecule has 0 aliphatic heterocycles. The van der Waals surface area contributed by atoms with Gasteiger partial charge in [0.25, 0.3) is 0 Å². The molecule has 0 amide bonds. The van der Waals surface area contributed by atoms with E-state index in [1.807, 2.05) is 14.1 Å². The first kappa shape index (κ1) is 14.4. The molecule has 1 aromatic heterocycles. The van der Waals surface area contributed by atoms with Gasteiger partial charge in [0.05, 0.1) is 6.61 Å². The average molecular weight is 254 g/mol. The van der Waals surface area contributed by atoms with Crippen LogP contribution in [0.1, 0.15) is 27.2 Å². The largest absolute Gasteiger partial charge is 0.463 e. The number of hydrazine groups is 1. The van der Waals surface area contributed by atoms with Crippen LogP contribution in [0.2, 0.25) is 0 Å². The lowest BCUT2D eigenvalue weighted by Gasteiger charge is -2.18. The van der Waals surface area contributed by atoms with E-state index in [4.69, 9.17) is 10.6 Å². The minimum Gasteiger partial charge on any atom is -0.463 e. The number of hydrogen-bond donors (Lipinski definition) is 2. The third-order valence-corrected chi connectivity index (χ3v) is 2.22. The van der Waals surface area contributed by atoms with Crippen molar-refractivity contribution in [2.24, 2.45) is 11.3 Å². The van der Waals surface area contributed by atoms with E-state index in [0.717, 1.165) is 6.42 Å². The van der Waals surface area contributed by atoms with Gasteiger partial charge in [-0.3, -0.25) is 5.43 Å². The zero-order valence-electron chi connectivity index (χ0n) is 11.7. The third kappa shape index (κ3) is 4.70. The Bertz CT molecular complexity index is 388. The fourth-order valence-electron chi connectivity index (χ4n) is 1.12. The summed E-state index contributed by atoms with van der Waals surface area (Å²) in [7, 11) is 3.68. The van der Waals surface area contributed by atoms with Gasteiger partial charge in [0, 0.05) is 14.1 Å². The van der Waals surface area contributed by atoms with Gasteiger partial charge in [-0.05, 0) is 11.8 Å². The topological polar surface area (TPSA) is 89.2 Å². The number of anilines is 2. The first-order valence-electron chi connectivity index (χ1n) is 5.84. The molecule has 3 N–H and O–H groups in total. The second-order valence-corrected chi connectivity index (χ2v) is 5.44. The van der Waals surface area contributed by atoms with Crippen LogP contribution in [-0.4, -0.2) is 35.7 Å². The van der Waals surface area contributed by atoms with E-state index in [0.29, 0.717) is 18.5 Å². The maximum absolute atomic E-state index is 5.53. The maximum atomic E-state index is 5.53. The third-order valence-electron chi connectivity index (χ3n) is 2.22. The van der Waals surface area contributed by atoms with Crippen molar-refractivity contribution < 1.29 is 4.74 Å². The van der Waals surface area contributed by atoms with Crippen LogP contribution >= 0.6 is 0 Å². The Hall–Kier alpha value is -1.63. The summed E-state index contributed by atoms with van der Waals surface area (Å²) >= 11 is 0. The smallest absolute Gasteiger partial charge is 0.323 e. The Balaban J connectivity index is 2.73. The molecule has 1 heterocycles. The van der Waals surface area contributed by atoms with Gasteiger partial charge in [-0.2, -0.15) is 15.0 Å². The van der Waals surface area contributed by atoms with Crippen LogP contribution in [0.25, 0.3) is 0 Å². The first-order chi connectivity index (χ1) is 8.31. The number of nitrogens with zero attached hydrogens (tertiary/aromatic N) is 4. The monoisotopic (exact) mass is 254 g/mol. The zero-order chi connectivity index (χ0) is 13.8. The van der Waals surface area contributed by atoms with Gasteiger partial charge in [0.2, 0.25) is 11.9 Å². The summed E-state index contributed by atoms with van der Waals surface area (Å²) < 4.78 is 5.53. The number of nitrogens with one attached hydrogen (secondary N) is 1. The number of ether oxygens (including phenoxy) is 1. The van der Waals surface area contributed by atoms with Crippen molar-refractivity contribution >= 4 is 11.9 Å². The highest BCUT2D eigenvalue weighted by atomic mass is 16.5. The number of nitrogen functional groups attached to an aromatic ring is 1. The maximum Gasteiger partial charge on any atom is 0.323 e. The van der Waals surface area contributed by atoms with Crippen LogP contribution in [-0.2, 0) is 0 Å². The second-order valence-electron chi connectivity index (χ2n) is 5.44. The fourth-order valence-corrected chi connectivity index (χ4v) is 1.12. The molecule has 0 unspecified atom stereocenters. The van der Waals surface area contributed by atoms with E-state index in [1.165, 1.54) is 0 Å². The van der Waals surface area contributed by atoms with Crippen LogP contribution in [0.5, 0.6) is 6.01 Å². The Labute approximate surface area is 108 Å². The van der Waals surface area contributed by atoms with Crippen molar-refractivity contribution in [3.8, 4) is 6.01 Å². The first-order valence-corrected chi connectivity index (χ1v) is 5.84. The van der Waals surface area contributed by atoms with Crippen LogP contribution in [0.3, 0.4) is 0 Å². The molecule has 7 heteroatoms. The molecule has 0 aliphatic rings. The summed E-state index contributed by atoms with van der Waals surface area (Å²) in [6.45, 7) is 7.02. The quantitative estimate of drug-likeness (QED) is 0.599. The molecule has 0 bridgehead atoms. The van der Waals surface area contributed by atoms with Crippen molar-refractivity contribution in [1.29, 1.82) is 0 Å². The Morgan fingerprint density at radius 3 is 2.39 bits per heavy atom. The molecule has 0 radical (unpaired) electrons. The Morgan fingerprint density at radius 1 is 1.22 bits per heavy atom. The lowest BCUT2D eigenvalue weighted by molar-refractivity contribution is 0.229. The van der Waals surface area contributed by atoms with Gasteiger partial charge in [0.15, 0.2) is 0 Å². The molecule has 7 nitrogen and oxygen atoms in total. The highest BCUT2D eigenvalue weighted by Gasteiger charge is 2.12. The van der Waals surface area contributed by atoms with Gasteiger partial charge in [-0.1, -0.05) is 20.8 Å². The predicted octanol–water partition coefficient (Wildman–Crippen LogP) is 1.04. The van der Waals surface area contributed by atoms with E-state index in [1.54, 1.807) is 4.90 Å². The number of hydrogen-bond acceptors (Lipinski definition) is 7. The number of nitrogens with two attached hydrogens (primary N) is 1. The van der Waals surface area contributed by atoms with Crippen molar-refractivity contribution in [1.82, 2.24) is 15.0 Å². The van der Waals surface area contributed by atoms with Gasteiger partial charge >= 0.3 is 6.01 Å². The molecule has 0 saturated carbocycles. The summed E-state index contributed by atoms with van der Waals surface area (Å²) in [5.41, 5.74) is 2.62. The van der Waals surface area contributed by atoms with Gasteiger partial charge in [0.1, 0.15) is 0 Å². The van der Waals surface area contributed by atoms with Gasteiger partial charge < -0.3 is 9.64 Å². The molecule has 0 aromatic carbocycles. The number of aromatic nitrogens is 3. The standard InChI is InChI=1S/C11H22N6O/c1-11(2,3)6-7-18-10-14-8(16-12)13-9(15-10)17(4)5/h6-7,12H2,1-5H3,(H,13,14,15,16). The molecule has 0 atom stereocenters. The van der Waals surface area contributed by atoms with Crippen LogP contribution in [0, 0.1) is 5.41 Å². The summed E-state index contributed by atoms with van der Waals surface area (Å²) in [5, 5.41) is 0. The summed E-state index contributed by atoms with van der Waals surface area (Å²) in [4.78, 5) is 14.1. The van der Waals surface area contributed by atoms with E-state index < -0.39 is 0 Å². The number of rotatable bonds is 5. The minimum atomic E-state index is 0.215. The Morgan fingerprint density at radius 2 is 1.89 bits per heavy atom. The summed E-state index contributed by atoms with van der Waals surface area (Å²) in [5.74, 6) is 6.10. The van der Waals surface area contributed by atoms with Crippen LogP contribution in [0.15, 0.2) is 0 Å². The molecule has 102 valence electrons. The van der Waals surface area contributed by atoms with Gasteiger partial charge in [-0.25, -0.2) is 5.84 Å². The lowest BCUT2D eigenvalue weighted by atomic mass is 9.93. The normalized spacial score (nSPS) is 11.2. The second kappa shape index (κ2) is 5.81. The summed E-state index contributed by atoms with van der Waals surface area (Å²) in [6.07, 6.45) is 0.918. The molecular weight excluding hydrogens is 232 g/mol. The van der Waals surface area contributed by atoms with Crippen LogP contribution in [0.4, 0.5) is 11.9 Å². The van der Waals surface area contributed by atoms with E-state index in [-0.39, 0.29) is 11.4 Å². The van der Waals surface area contributed by atoms with Crippen LogP contribution < -0.4 is 20.9 Å². The SMILES string of the molecule is CN(C)c1nc(NN)nc(OCCC(C)(C)C)n1. The zero-order valence-corrected chi connectivity index (χ0v) is 11.7. The molecule has 0 saturated heterocycles. The van der Waals surface area contributed by atoms with E-state index >= 15 is 0 Å². The molecule has 0 aliphatic carbocycles. The molecule has 0 fully saturated rings. The molecule has 1 rings (SSSR count). The van der Waals surface area contributed by atoms with Crippen molar-refractivity contribution in [2.45, 2.75) is 27.2 Å². The van der Waals surface area contributed by atoms with E-state index in [2.05, 4.69) is 41.1 Å². The average Bonchev–Trinajstić information content (AvgIpc) is 2.26. The molecule has 0 spiro atoms.